The number of rotatable bonds is 7. The zero-order valence-electron chi connectivity index (χ0n) is 16.9. The van der Waals surface area contributed by atoms with E-state index in [4.69, 9.17) is 0 Å². The Morgan fingerprint density at radius 2 is 2.03 bits per heavy atom. The number of nitro groups is 1. The fraction of sp³-hybridized carbons (Fsp3) is 0.474. The summed E-state index contributed by atoms with van der Waals surface area (Å²) in [4.78, 5) is 27.0. The van der Waals surface area contributed by atoms with Gasteiger partial charge in [0.1, 0.15) is 5.82 Å². The van der Waals surface area contributed by atoms with Crippen LogP contribution in [0, 0.1) is 23.0 Å². The number of nitrogens with one attached hydrogen (secondary N) is 1. The van der Waals surface area contributed by atoms with Crippen LogP contribution in [0.3, 0.4) is 0 Å². The number of carbonyl (C=O) groups is 1. The summed E-state index contributed by atoms with van der Waals surface area (Å²) in [5.74, 6) is 0.528. The number of non-ortho nitro benzene ring substituents is 1. The van der Waals surface area contributed by atoms with Crippen molar-refractivity contribution in [3.8, 4) is 0 Å². The van der Waals surface area contributed by atoms with Crippen molar-refractivity contribution in [2.24, 2.45) is 13.0 Å². The van der Waals surface area contributed by atoms with Crippen LogP contribution in [0.25, 0.3) is 0 Å². The summed E-state index contributed by atoms with van der Waals surface area (Å²) in [5, 5.41) is 13.9. The van der Waals surface area contributed by atoms with Crippen LogP contribution in [0.1, 0.15) is 24.2 Å². The van der Waals surface area contributed by atoms with Gasteiger partial charge in [0, 0.05) is 63.5 Å². The molecule has 1 N–H and O–H groups in total. The van der Waals surface area contributed by atoms with E-state index in [1.54, 1.807) is 13.1 Å². The first-order chi connectivity index (χ1) is 14.2. The molecule has 0 bridgehead atoms. The molecule has 2 heterocycles. The van der Waals surface area contributed by atoms with Crippen molar-refractivity contribution in [3.63, 3.8) is 0 Å². The molecule has 10 nitrogen and oxygen atoms in total. The number of hydrogen-bond donors (Lipinski definition) is 1. The lowest BCUT2D eigenvalue weighted by Gasteiger charge is -2.30. The normalized spacial score (nSPS) is 15.8. The fourth-order valence-electron chi connectivity index (χ4n) is 3.56. The minimum Gasteiger partial charge on any atom is -0.355 e. The lowest BCUT2D eigenvalue weighted by Crippen LogP contribution is -2.43. The highest BCUT2D eigenvalue weighted by atomic mass is 32.2. The van der Waals surface area contributed by atoms with Crippen molar-refractivity contribution in [2.45, 2.75) is 31.1 Å². The Bertz CT molecular complexity index is 1040. The zero-order chi connectivity index (χ0) is 21.9. The summed E-state index contributed by atoms with van der Waals surface area (Å²) in [6.45, 7) is 2.47. The van der Waals surface area contributed by atoms with Crippen LogP contribution in [-0.2, 0) is 28.3 Å². The van der Waals surface area contributed by atoms with Crippen LogP contribution in [0.5, 0.6) is 0 Å². The second kappa shape index (κ2) is 8.92. The molecular weight excluding hydrogens is 410 g/mol. The first-order valence-electron chi connectivity index (χ1n) is 9.69. The molecule has 1 aliphatic rings. The van der Waals surface area contributed by atoms with Gasteiger partial charge in [0.15, 0.2) is 0 Å². The van der Waals surface area contributed by atoms with Gasteiger partial charge < -0.3 is 9.88 Å². The van der Waals surface area contributed by atoms with E-state index in [-0.39, 0.29) is 35.5 Å². The van der Waals surface area contributed by atoms with Crippen molar-refractivity contribution in [2.75, 3.05) is 19.6 Å². The minimum atomic E-state index is -3.86. The summed E-state index contributed by atoms with van der Waals surface area (Å²) in [6, 6.07) is 3.82. The number of amides is 1. The number of piperidine rings is 1. The van der Waals surface area contributed by atoms with E-state index in [1.165, 1.54) is 16.4 Å². The van der Waals surface area contributed by atoms with E-state index in [1.807, 2.05) is 17.8 Å². The maximum absolute atomic E-state index is 13.0. The molecule has 0 radical (unpaired) electrons. The summed E-state index contributed by atoms with van der Waals surface area (Å²) in [6.07, 6.45) is 4.98. The van der Waals surface area contributed by atoms with E-state index < -0.39 is 14.9 Å². The standard InChI is InChI=1S/C19H25N5O5S/c1-14-3-4-16(24(26)27)13-17(14)30(28,29)23-10-6-15(7-11-23)19(25)21-8-5-18-20-9-12-22(18)2/h3-4,9,12-13,15H,5-8,10-11H2,1-2H3,(H,21,25). The van der Waals surface area contributed by atoms with Crippen molar-refractivity contribution in [3.05, 3.63) is 52.1 Å². The molecular formula is C19H25N5O5S. The Kier molecular flexibility index (Phi) is 6.52. The van der Waals surface area contributed by atoms with Crippen molar-refractivity contribution in [1.82, 2.24) is 19.2 Å². The number of aryl methyl sites for hydroxylation is 2. The highest BCUT2D eigenvalue weighted by molar-refractivity contribution is 7.89. The molecule has 1 saturated heterocycles. The average molecular weight is 436 g/mol. The molecule has 1 aromatic heterocycles. The third kappa shape index (κ3) is 4.68. The molecule has 1 amide bonds. The molecule has 0 saturated carbocycles. The smallest absolute Gasteiger partial charge is 0.270 e. The third-order valence-corrected chi connectivity index (χ3v) is 7.43. The van der Waals surface area contributed by atoms with E-state index in [0.717, 1.165) is 11.9 Å². The van der Waals surface area contributed by atoms with Gasteiger partial charge in [0.2, 0.25) is 15.9 Å². The van der Waals surface area contributed by atoms with Crippen molar-refractivity contribution in [1.29, 1.82) is 0 Å². The fourth-order valence-corrected chi connectivity index (χ4v) is 5.27. The van der Waals surface area contributed by atoms with Gasteiger partial charge in [-0.05, 0) is 25.3 Å². The van der Waals surface area contributed by atoms with Crippen molar-refractivity contribution >= 4 is 21.6 Å². The molecule has 11 heteroatoms. The number of nitro benzene ring substituents is 1. The van der Waals surface area contributed by atoms with Crippen LogP contribution in [0.2, 0.25) is 0 Å². The van der Waals surface area contributed by atoms with Gasteiger partial charge in [-0.2, -0.15) is 4.31 Å². The maximum atomic E-state index is 13.0. The Morgan fingerprint density at radius 1 is 1.33 bits per heavy atom. The molecule has 0 unspecified atom stereocenters. The van der Waals surface area contributed by atoms with Crippen LogP contribution >= 0.6 is 0 Å². The van der Waals surface area contributed by atoms with Crippen molar-refractivity contribution < 1.29 is 18.1 Å². The number of nitrogens with zero attached hydrogens (tertiary/aromatic N) is 4. The van der Waals surface area contributed by atoms with Gasteiger partial charge in [-0.3, -0.25) is 14.9 Å². The SMILES string of the molecule is Cc1ccc([N+](=O)[O-])cc1S(=O)(=O)N1CCC(C(=O)NCCc2nccn2C)CC1. The van der Waals surface area contributed by atoms with E-state index in [2.05, 4.69) is 10.3 Å². The van der Waals surface area contributed by atoms with Gasteiger partial charge >= 0.3 is 0 Å². The number of benzene rings is 1. The first-order valence-corrected chi connectivity index (χ1v) is 11.1. The van der Waals surface area contributed by atoms with Crippen LogP contribution < -0.4 is 5.32 Å². The molecule has 162 valence electrons. The second-order valence-corrected chi connectivity index (χ2v) is 9.29. The molecule has 0 aliphatic carbocycles. The molecule has 0 spiro atoms. The molecule has 1 fully saturated rings. The Balaban J connectivity index is 1.58. The zero-order valence-corrected chi connectivity index (χ0v) is 17.8. The Morgan fingerprint density at radius 3 is 2.63 bits per heavy atom. The highest BCUT2D eigenvalue weighted by Crippen LogP contribution is 2.28. The number of sulfonamides is 1. The monoisotopic (exact) mass is 435 g/mol. The summed E-state index contributed by atoms with van der Waals surface area (Å²) >= 11 is 0. The van der Waals surface area contributed by atoms with Gasteiger partial charge in [-0.1, -0.05) is 6.07 Å². The third-order valence-electron chi connectivity index (χ3n) is 5.39. The first kappa shape index (κ1) is 21.9. The number of aromatic nitrogens is 2. The van der Waals surface area contributed by atoms with Gasteiger partial charge in [0.25, 0.3) is 5.69 Å². The Labute approximate surface area is 175 Å². The maximum Gasteiger partial charge on any atom is 0.270 e. The number of carbonyl (C=O) groups excluding carboxylic acids is 1. The van der Waals surface area contributed by atoms with E-state index >= 15 is 0 Å². The summed E-state index contributed by atoms with van der Waals surface area (Å²) in [7, 11) is -1.97. The van der Waals surface area contributed by atoms with Gasteiger partial charge in [-0.15, -0.1) is 0 Å². The lowest BCUT2D eigenvalue weighted by molar-refractivity contribution is -0.385. The number of imidazole rings is 1. The molecule has 0 atom stereocenters. The predicted molar refractivity (Wildman–Crippen MR) is 109 cm³/mol. The summed E-state index contributed by atoms with van der Waals surface area (Å²) in [5.41, 5.74) is 0.191. The topological polar surface area (TPSA) is 127 Å². The molecule has 2 aromatic rings. The molecule has 3 rings (SSSR count). The van der Waals surface area contributed by atoms with Crippen LogP contribution in [0.4, 0.5) is 5.69 Å². The molecule has 30 heavy (non-hydrogen) atoms. The van der Waals surface area contributed by atoms with Gasteiger partial charge in [0.05, 0.1) is 9.82 Å². The Hall–Kier alpha value is -2.79. The van der Waals surface area contributed by atoms with E-state index in [9.17, 15) is 23.3 Å². The van der Waals surface area contributed by atoms with E-state index in [0.29, 0.717) is 31.4 Å². The largest absolute Gasteiger partial charge is 0.355 e. The average Bonchev–Trinajstić information content (AvgIpc) is 3.12. The van der Waals surface area contributed by atoms with Gasteiger partial charge in [-0.25, -0.2) is 13.4 Å². The highest BCUT2D eigenvalue weighted by Gasteiger charge is 2.33. The quantitative estimate of drug-likeness (QED) is 0.517. The molecule has 1 aliphatic heterocycles. The second-order valence-electron chi connectivity index (χ2n) is 7.38. The predicted octanol–water partition coefficient (Wildman–Crippen LogP) is 1.40. The van der Waals surface area contributed by atoms with Crippen LogP contribution in [-0.4, -0.2) is 52.7 Å². The summed E-state index contributed by atoms with van der Waals surface area (Å²) < 4.78 is 29.2. The number of hydrogen-bond acceptors (Lipinski definition) is 6. The van der Waals surface area contributed by atoms with Crippen LogP contribution in [0.15, 0.2) is 35.5 Å². The minimum absolute atomic E-state index is 0.0605. The molecule has 1 aromatic carbocycles. The lowest BCUT2D eigenvalue weighted by atomic mass is 9.97.